The topological polar surface area (TPSA) is 98.9 Å². The predicted octanol–water partition coefficient (Wildman–Crippen LogP) is 2.15. The fraction of sp³-hybridized carbons (Fsp3) is 0.174. The molecule has 8 heteroatoms. The van der Waals surface area contributed by atoms with Gasteiger partial charge in [-0.25, -0.2) is 4.79 Å². The zero-order chi connectivity index (χ0) is 21.8. The Labute approximate surface area is 178 Å². The van der Waals surface area contributed by atoms with Crippen LogP contribution in [0.25, 0.3) is 11.4 Å². The maximum absolute atomic E-state index is 12.9. The number of hydrogen-bond donors (Lipinski definition) is 1. The highest BCUT2D eigenvalue weighted by Crippen LogP contribution is 2.15. The van der Waals surface area contributed by atoms with Crippen molar-refractivity contribution in [3.05, 3.63) is 99.1 Å². The second kappa shape index (κ2) is 8.74. The lowest BCUT2D eigenvalue weighted by atomic mass is 10.1. The first-order valence-corrected chi connectivity index (χ1v) is 9.94. The summed E-state index contributed by atoms with van der Waals surface area (Å²) in [6.45, 7) is 1.99. The van der Waals surface area contributed by atoms with Crippen LogP contribution in [0.1, 0.15) is 18.2 Å². The molecular weight excluding hydrogens is 394 g/mol. The number of amides is 1. The minimum absolute atomic E-state index is 0.0323. The van der Waals surface area contributed by atoms with Crippen molar-refractivity contribution in [2.24, 2.45) is 0 Å². The van der Waals surface area contributed by atoms with Crippen molar-refractivity contribution in [1.29, 1.82) is 0 Å². The van der Waals surface area contributed by atoms with Crippen LogP contribution >= 0.6 is 0 Å². The van der Waals surface area contributed by atoms with E-state index in [2.05, 4.69) is 15.3 Å². The summed E-state index contributed by atoms with van der Waals surface area (Å²) >= 11 is 0. The maximum Gasteiger partial charge on any atom is 0.352 e. The average Bonchev–Trinajstić information content (AvgIpc) is 2.78. The molecule has 0 spiro atoms. The van der Waals surface area contributed by atoms with Gasteiger partial charge in [0.05, 0.1) is 17.8 Å². The number of aromatic nitrogens is 4. The van der Waals surface area contributed by atoms with Crippen LogP contribution in [0, 0.1) is 0 Å². The van der Waals surface area contributed by atoms with Gasteiger partial charge >= 0.3 is 5.69 Å². The normalized spacial score (nSPS) is 10.9. The van der Waals surface area contributed by atoms with Crippen LogP contribution in [0.4, 0.5) is 5.69 Å². The van der Waals surface area contributed by atoms with Crippen molar-refractivity contribution < 1.29 is 4.79 Å². The van der Waals surface area contributed by atoms with E-state index in [1.807, 2.05) is 31.2 Å². The van der Waals surface area contributed by atoms with Gasteiger partial charge in [0, 0.05) is 18.1 Å². The summed E-state index contributed by atoms with van der Waals surface area (Å²) in [4.78, 5) is 46.3. The Morgan fingerprint density at radius 2 is 1.94 bits per heavy atom. The van der Waals surface area contributed by atoms with Gasteiger partial charge in [-0.1, -0.05) is 25.1 Å². The molecule has 1 aromatic heterocycles. The van der Waals surface area contributed by atoms with E-state index < -0.39 is 11.2 Å². The number of fused-ring (bicyclic) bond motifs is 1. The molecule has 1 aromatic carbocycles. The largest absolute Gasteiger partial charge is 0.352 e. The number of aryl methyl sites for hydroxylation is 1. The van der Waals surface area contributed by atoms with Crippen LogP contribution in [0.2, 0.25) is 0 Å². The zero-order valence-corrected chi connectivity index (χ0v) is 17.0. The molecule has 0 unspecified atom stereocenters. The average molecular weight is 415 g/mol. The Bertz CT molecular complexity index is 1310. The minimum atomic E-state index is -0.681. The highest BCUT2D eigenvalue weighted by atomic mass is 16.2. The fourth-order valence-corrected chi connectivity index (χ4v) is 3.36. The number of carbonyl (C=O) groups is 1. The van der Waals surface area contributed by atoms with Gasteiger partial charge in [0.25, 0.3) is 5.56 Å². The molecule has 2 aromatic rings. The van der Waals surface area contributed by atoms with Gasteiger partial charge in [0.1, 0.15) is 6.54 Å². The van der Waals surface area contributed by atoms with Crippen molar-refractivity contribution in [2.75, 3.05) is 5.32 Å². The van der Waals surface area contributed by atoms with Crippen molar-refractivity contribution >= 4 is 11.6 Å². The number of nitrogens with one attached hydrogen (secondary N) is 1. The molecule has 0 saturated carbocycles. The summed E-state index contributed by atoms with van der Waals surface area (Å²) in [6.07, 6.45) is 4.09. The number of anilines is 1. The van der Waals surface area contributed by atoms with Crippen LogP contribution in [0.15, 0.2) is 76.6 Å². The summed E-state index contributed by atoms with van der Waals surface area (Å²) in [6, 6.07) is 16.1. The molecule has 4 rings (SSSR count). The third kappa shape index (κ3) is 4.42. The first kappa shape index (κ1) is 20.2. The SMILES string of the molecule is CCc1cccc(NC(=O)Cn2cccc3c(=O)n(Cc4ccccn4)c(=O)nc2-3)c1. The molecule has 8 nitrogen and oxygen atoms in total. The molecule has 31 heavy (non-hydrogen) atoms. The Morgan fingerprint density at radius 1 is 1.06 bits per heavy atom. The quantitative estimate of drug-likeness (QED) is 0.520. The third-order valence-corrected chi connectivity index (χ3v) is 4.93. The van der Waals surface area contributed by atoms with Crippen LogP contribution in [-0.2, 0) is 24.3 Å². The summed E-state index contributed by atoms with van der Waals surface area (Å²) in [5.74, 6) is -0.107. The van der Waals surface area contributed by atoms with Crippen molar-refractivity contribution in [1.82, 2.24) is 19.1 Å². The second-order valence-corrected chi connectivity index (χ2v) is 7.08. The van der Waals surface area contributed by atoms with E-state index in [0.29, 0.717) is 11.4 Å². The van der Waals surface area contributed by atoms with Gasteiger partial charge < -0.3 is 9.88 Å². The van der Waals surface area contributed by atoms with Gasteiger partial charge in [-0.15, -0.1) is 0 Å². The van der Waals surface area contributed by atoms with E-state index in [-0.39, 0.29) is 30.4 Å². The van der Waals surface area contributed by atoms with Crippen LogP contribution in [0.5, 0.6) is 0 Å². The molecule has 0 atom stereocenters. The predicted molar refractivity (Wildman–Crippen MR) is 117 cm³/mol. The molecule has 0 radical (unpaired) electrons. The first-order chi connectivity index (χ1) is 15.0. The van der Waals surface area contributed by atoms with Crippen molar-refractivity contribution in [3.8, 4) is 11.4 Å². The number of hydrogen-bond acceptors (Lipinski definition) is 5. The number of nitrogens with zero attached hydrogens (tertiary/aromatic N) is 4. The number of pyridine rings is 2. The smallest absolute Gasteiger partial charge is 0.325 e. The number of benzene rings is 1. The van der Waals surface area contributed by atoms with E-state index in [4.69, 9.17) is 0 Å². The monoisotopic (exact) mass is 415 g/mol. The van der Waals surface area contributed by atoms with Crippen molar-refractivity contribution in [2.45, 2.75) is 26.4 Å². The summed E-state index contributed by atoms with van der Waals surface area (Å²) in [5.41, 5.74) is 1.51. The van der Waals surface area contributed by atoms with E-state index in [9.17, 15) is 14.4 Å². The Kier molecular flexibility index (Phi) is 5.70. The van der Waals surface area contributed by atoms with Crippen LogP contribution in [0.3, 0.4) is 0 Å². The van der Waals surface area contributed by atoms with E-state index >= 15 is 0 Å². The van der Waals surface area contributed by atoms with Gasteiger partial charge in [-0.05, 0) is 48.4 Å². The molecule has 0 aliphatic carbocycles. The lowest BCUT2D eigenvalue weighted by Gasteiger charge is -2.15. The standard InChI is InChI=1S/C23H21N5O3/c1-2-16-7-5-9-17(13-16)25-20(29)15-27-12-6-10-19-21(27)26-23(31)28(22(19)30)14-18-8-3-4-11-24-18/h3-13H,2,14-15H2,1H3,(H,25,29). The van der Waals surface area contributed by atoms with Gasteiger partial charge in [0.2, 0.25) is 5.91 Å². The fourth-order valence-electron chi connectivity index (χ4n) is 3.36. The minimum Gasteiger partial charge on any atom is -0.325 e. The zero-order valence-electron chi connectivity index (χ0n) is 17.0. The Balaban J connectivity index is 1.62. The summed E-state index contributed by atoms with van der Waals surface area (Å²) < 4.78 is 2.55. The lowest BCUT2D eigenvalue weighted by molar-refractivity contribution is -0.116. The van der Waals surface area contributed by atoms with Gasteiger partial charge in [-0.3, -0.25) is 19.1 Å². The molecule has 0 saturated heterocycles. The Hall–Kier alpha value is -4.07. The van der Waals surface area contributed by atoms with Crippen molar-refractivity contribution in [3.63, 3.8) is 0 Å². The molecule has 2 aliphatic heterocycles. The molecule has 3 heterocycles. The summed E-state index contributed by atoms with van der Waals surface area (Å²) in [7, 11) is 0. The highest BCUT2D eigenvalue weighted by Gasteiger charge is 2.18. The molecule has 1 N–H and O–H groups in total. The summed E-state index contributed by atoms with van der Waals surface area (Å²) in [5, 5.41) is 2.85. The first-order valence-electron chi connectivity index (χ1n) is 9.94. The molecular formula is C23H21N5O3. The van der Waals surface area contributed by atoms with E-state index in [0.717, 1.165) is 16.6 Å². The lowest BCUT2D eigenvalue weighted by Crippen LogP contribution is -2.38. The van der Waals surface area contributed by atoms with E-state index in [1.165, 1.54) is 4.57 Å². The third-order valence-electron chi connectivity index (χ3n) is 4.93. The maximum atomic E-state index is 12.9. The molecule has 0 fully saturated rings. The second-order valence-electron chi connectivity index (χ2n) is 7.08. The van der Waals surface area contributed by atoms with E-state index in [1.54, 1.807) is 42.7 Å². The highest BCUT2D eigenvalue weighted by molar-refractivity contribution is 5.90. The van der Waals surface area contributed by atoms with Crippen LogP contribution < -0.4 is 16.6 Å². The van der Waals surface area contributed by atoms with Gasteiger partial charge in [0.15, 0.2) is 5.82 Å². The van der Waals surface area contributed by atoms with Crippen LogP contribution in [-0.4, -0.2) is 25.0 Å². The van der Waals surface area contributed by atoms with Gasteiger partial charge in [-0.2, -0.15) is 4.98 Å². The Morgan fingerprint density at radius 3 is 2.71 bits per heavy atom. The number of rotatable bonds is 6. The molecule has 0 bridgehead atoms. The number of carbonyl (C=O) groups excluding carboxylic acids is 1. The molecule has 156 valence electrons. The molecule has 2 aliphatic rings. The molecule has 1 amide bonds.